The second kappa shape index (κ2) is 14.5. The number of para-hydroxylation sites is 2. The van der Waals surface area contributed by atoms with Gasteiger partial charge in [0.1, 0.15) is 0 Å². The van der Waals surface area contributed by atoms with Crippen LogP contribution in [0.4, 0.5) is 40.4 Å². The summed E-state index contributed by atoms with van der Waals surface area (Å²) in [6, 6.07) is 26.6. The zero-order valence-electron chi connectivity index (χ0n) is 31.0. The number of hydrogen-bond acceptors (Lipinski definition) is 8. The number of hydrazine groups is 1. The molecule has 2 aliphatic carbocycles. The fraction of sp³-hybridized carbons (Fsp3) is 0.205. The number of hydrogen-bond donors (Lipinski definition) is 3. The van der Waals surface area contributed by atoms with Gasteiger partial charge in [0.2, 0.25) is 11.8 Å². The van der Waals surface area contributed by atoms with Gasteiger partial charge >= 0.3 is 6.18 Å². The fourth-order valence-corrected chi connectivity index (χ4v) is 9.86. The van der Waals surface area contributed by atoms with Gasteiger partial charge in [-0.05, 0) is 85.0 Å². The van der Waals surface area contributed by atoms with Crippen LogP contribution in [0.1, 0.15) is 35.4 Å². The molecule has 3 heterocycles. The number of anilines is 4. The molecule has 3 N–H and O–H groups in total. The third-order valence-electron chi connectivity index (χ3n) is 12.1. The predicted molar refractivity (Wildman–Crippen MR) is 214 cm³/mol. The number of phenolic OH excluding ortho intramolecular Hbond substituents is 1. The van der Waals surface area contributed by atoms with Crippen LogP contribution in [0.25, 0.3) is 0 Å². The summed E-state index contributed by atoms with van der Waals surface area (Å²) in [5.74, 6) is -10.4. The summed E-state index contributed by atoms with van der Waals surface area (Å²) in [6.07, 6.45) is -2.67. The molecule has 4 amide bonds. The first-order valence-electron chi connectivity index (χ1n) is 18.8. The second-order valence-corrected chi connectivity index (χ2v) is 16.0. The fourth-order valence-electron chi connectivity index (χ4n) is 9.53. The van der Waals surface area contributed by atoms with Crippen LogP contribution in [-0.2, 0) is 30.8 Å². The maximum Gasteiger partial charge on any atom is 0.417 e. The minimum atomic E-state index is -4.79. The number of alkyl halides is 3. The lowest BCUT2D eigenvalue weighted by Crippen LogP contribution is -2.53. The lowest BCUT2D eigenvalue weighted by Gasteiger charge is -2.50. The van der Waals surface area contributed by atoms with E-state index in [1.54, 1.807) is 30.3 Å². The van der Waals surface area contributed by atoms with Crippen LogP contribution in [0, 0.1) is 29.5 Å². The molecule has 9 rings (SSSR count). The van der Waals surface area contributed by atoms with Crippen molar-refractivity contribution in [3.05, 3.63) is 154 Å². The molecule has 0 spiro atoms. The third kappa shape index (κ3) is 6.11. The van der Waals surface area contributed by atoms with Crippen molar-refractivity contribution in [3.8, 4) is 5.75 Å². The molecular weight excluding hydrogens is 825 g/mol. The van der Waals surface area contributed by atoms with Crippen molar-refractivity contribution in [2.45, 2.75) is 30.4 Å². The number of allylic oxidation sites excluding steroid dienone is 2. The molecule has 16 heteroatoms. The average Bonchev–Trinajstić information content (AvgIpc) is 3.61. The van der Waals surface area contributed by atoms with E-state index in [0.29, 0.717) is 34.2 Å². The van der Waals surface area contributed by atoms with Gasteiger partial charge in [0.25, 0.3) is 11.8 Å². The van der Waals surface area contributed by atoms with Crippen molar-refractivity contribution >= 4 is 69.7 Å². The minimum absolute atomic E-state index is 0.0499. The minimum Gasteiger partial charge on any atom is -0.505 e. The van der Waals surface area contributed by atoms with Gasteiger partial charge in [-0.15, -0.1) is 0 Å². The first-order chi connectivity index (χ1) is 28.7. The van der Waals surface area contributed by atoms with Gasteiger partial charge in [-0.1, -0.05) is 77.3 Å². The predicted octanol–water partition coefficient (Wildman–Crippen LogP) is 9.18. The smallest absolute Gasteiger partial charge is 0.417 e. The molecule has 0 unspecified atom stereocenters. The number of phenols is 1. The van der Waals surface area contributed by atoms with Crippen molar-refractivity contribution in [2.24, 2.45) is 23.7 Å². The molecule has 2 aliphatic heterocycles. The molecule has 5 aromatic rings. The van der Waals surface area contributed by atoms with Gasteiger partial charge < -0.3 is 10.4 Å². The van der Waals surface area contributed by atoms with E-state index in [1.807, 2.05) is 30.3 Å². The monoisotopic (exact) mass is 855 g/mol. The summed E-state index contributed by atoms with van der Waals surface area (Å²) in [4.78, 5) is 64.0. The number of nitrogens with one attached hydrogen (secondary N) is 2. The zero-order valence-corrected chi connectivity index (χ0v) is 32.5. The number of fused-ring (bicyclic) bond motifs is 4. The van der Waals surface area contributed by atoms with E-state index < -0.39 is 92.8 Å². The summed E-state index contributed by atoms with van der Waals surface area (Å²) >= 11 is 12.6. The molecule has 304 valence electrons. The molecule has 4 aliphatic rings. The quantitative estimate of drug-likeness (QED) is 0.0840. The number of imide groups is 2. The van der Waals surface area contributed by atoms with Crippen LogP contribution in [0.2, 0.25) is 10.0 Å². The molecule has 1 saturated carbocycles. The van der Waals surface area contributed by atoms with E-state index in [9.17, 15) is 32.7 Å². The number of carbonyl (C=O) groups is 4. The van der Waals surface area contributed by atoms with Gasteiger partial charge in [-0.3, -0.25) is 29.5 Å². The SMILES string of the molecule is O=C1[C@@H]2C[C@@H]3C(=CC[C@@H]4C(=O)N(c5ccc(Nc6ccccc6)cc5)C(=O)[C@@H]43)[C@H](c3cccc(F)c3O)[C@]2(c2ccc(Cl)cc2)C(=O)N1Nc1ncc(C(F)(F)F)cc1Cl. The van der Waals surface area contributed by atoms with E-state index in [4.69, 9.17) is 23.2 Å². The van der Waals surface area contributed by atoms with E-state index in [0.717, 1.165) is 16.7 Å². The van der Waals surface area contributed by atoms with Crippen molar-refractivity contribution in [1.29, 1.82) is 0 Å². The third-order valence-corrected chi connectivity index (χ3v) is 12.6. The average molecular weight is 857 g/mol. The molecule has 0 radical (unpaired) electrons. The van der Waals surface area contributed by atoms with E-state index in [-0.39, 0.29) is 29.0 Å². The maximum absolute atomic E-state index is 15.4. The molecule has 6 atom stereocenters. The summed E-state index contributed by atoms with van der Waals surface area (Å²) in [7, 11) is 0. The van der Waals surface area contributed by atoms with Crippen LogP contribution in [0.3, 0.4) is 0 Å². The highest BCUT2D eigenvalue weighted by Crippen LogP contribution is 2.65. The number of amides is 4. The molecule has 60 heavy (non-hydrogen) atoms. The molecule has 10 nitrogen and oxygen atoms in total. The summed E-state index contributed by atoms with van der Waals surface area (Å²) in [6.45, 7) is 0. The normalized spacial score (nSPS) is 24.8. The lowest BCUT2D eigenvalue weighted by molar-refractivity contribution is -0.139. The zero-order chi connectivity index (χ0) is 42.2. The first-order valence-corrected chi connectivity index (χ1v) is 19.6. The van der Waals surface area contributed by atoms with Crippen molar-refractivity contribution in [1.82, 2.24) is 9.99 Å². The molecule has 2 saturated heterocycles. The van der Waals surface area contributed by atoms with Gasteiger partial charge in [-0.25, -0.2) is 9.37 Å². The standard InChI is InChI=1S/C44H31Cl2F4N5O5/c45-24-11-9-22(10-12-24)43-32(40(58)55(42(43)60)53-38-33(46)19-23(21-51-38)44(48,49)50)20-31-28(36(43)30-7-4-8-34(47)37(30)56)17-18-29-35(31)41(59)54(39(29)57)27-15-13-26(14-16-27)52-25-5-2-1-3-6-25/h1-17,19,21,29,31-32,35-36,52,56H,18,20H2,(H,51,53)/t29-,31+,32-,35-,36+,43+/m0/s1. The summed E-state index contributed by atoms with van der Waals surface area (Å²) in [5.41, 5.74) is 1.92. The Labute approximate surface area is 349 Å². The highest BCUT2D eigenvalue weighted by Gasteiger charge is 2.71. The van der Waals surface area contributed by atoms with Gasteiger partial charge in [-0.2, -0.15) is 18.2 Å². The van der Waals surface area contributed by atoms with Crippen LogP contribution in [0.15, 0.2) is 121 Å². The summed E-state index contributed by atoms with van der Waals surface area (Å²) < 4.78 is 56.0. The Morgan fingerprint density at radius 1 is 0.817 bits per heavy atom. The first kappa shape index (κ1) is 39.2. The molecule has 4 aromatic carbocycles. The topological polar surface area (TPSA) is 132 Å². The van der Waals surface area contributed by atoms with Gasteiger partial charge in [0, 0.05) is 34.1 Å². The largest absolute Gasteiger partial charge is 0.505 e. The van der Waals surface area contributed by atoms with Gasteiger partial charge in [0.05, 0.1) is 39.4 Å². The van der Waals surface area contributed by atoms with E-state index in [1.165, 1.54) is 36.4 Å². The lowest BCUT2D eigenvalue weighted by atomic mass is 9.49. The van der Waals surface area contributed by atoms with E-state index >= 15 is 9.18 Å². The van der Waals surface area contributed by atoms with Crippen molar-refractivity contribution in [3.63, 3.8) is 0 Å². The van der Waals surface area contributed by atoms with Crippen LogP contribution >= 0.6 is 23.2 Å². The Kier molecular flexibility index (Phi) is 9.47. The highest BCUT2D eigenvalue weighted by atomic mass is 35.5. The maximum atomic E-state index is 15.4. The Bertz CT molecular complexity index is 2630. The highest BCUT2D eigenvalue weighted by molar-refractivity contribution is 6.33. The second-order valence-electron chi connectivity index (χ2n) is 15.1. The van der Waals surface area contributed by atoms with Crippen LogP contribution in [-0.4, -0.2) is 38.7 Å². The Morgan fingerprint density at radius 3 is 2.20 bits per heavy atom. The number of pyridine rings is 1. The Balaban J connectivity index is 1.16. The van der Waals surface area contributed by atoms with Crippen LogP contribution < -0.4 is 15.6 Å². The van der Waals surface area contributed by atoms with Crippen LogP contribution in [0.5, 0.6) is 5.75 Å². The van der Waals surface area contributed by atoms with Crippen molar-refractivity contribution < 1.29 is 41.8 Å². The summed E-state index contributed by atoms with van der Waals surface area (Å²) in [5, 5.41) is 15.1. The Hall–Kier alpha value is -6.25. The molecule has 3 fully saturated rings. The van der Waals surface area contributed by atoms with E-state index in [2.05, 4.69) is 15.7 Å². The van der Waals surface area contributed by atoms with Gasteiger partial charge in [0.15, 0.2) is 17.4 Å². The number of benzene rings is 4. The number of halogens is 6. The number of rotatable bonds is 7. The number of aromatic nitrogens is 1. The number of nitrogens with zero attached hydrogens (tertiary/aromatic N) is 3. The molecule has 1 aromatic heterocycles. The number of carbonyl (C=O) groups excluding carboxylic acids is 4. The molecule has 0 bridgehead atoms. The molecular formula is C44H31Cl2F4N5O5. The number of aromatic hydroxyl groups is 1. The Morgan fingerprint density at radius 2 is 1.52 bits per heavy atom. The van der Waals surface area contributed by atoms with Crippen molar-refractivity contribution in [2.75, 3.05) is 15.6 Å².